The Morgan fingerprint density at radius 3 is 2.82 bits per heavy atom. The average molecular weight is 382 g/mol. The second kappa shape index (κ2) is 7.64. The maximum atomic E-state index is 12.7. The number of alkyl halides is 2. The number of halogens is 2. The van der Waals surface area contributed by atoms with Crippen molar-refractivity contribution < 1.29 is 18.0 Å². The highest BCUT2D eigenvalue weighted by molar-refractivity contribution is 5.67. The first-order valence-corrected chi connectivity index (χ1v) is 8.75. The fourth-order valence-corrected chi connectivity index (χ4v) is 3.13. The van der Waals surface area contributed by atoms with Crippen molar-refractivity contribution in [3.05, 3.63) is 53.6 Å². The van der Waals surface area contributed by atoms with Crippen LogP contribution < -0.4 is 9.64 Å². The van der Waals surface area contributed by atoms with Gasteiger partial charge in [-0.3, -0.25) is 0 Å². The standard InChI is InChI=1S/C20H16F2N4O2/c21-10-16(11-22)27-18-6-5-14(9-15(18)12-23)19-24-20(25-28-19)26-8-7-13-3-1-2-4-17(13)26/h1-6,9,16H,7-8,10-11H2. The van der Waals surface area contributed by atoms with E-state index < -0.39 is 19.5 Å². The lowest BCUT2D eigenvalue weighted by molar-refractivity contribution is 0.133. The molecule has 0 amide bonds. The topological polar surface area (TPSA) is 75.2 Å². The molecule has 0 atom stereocenters. The van der Waals surface area contributed by atoms with Gasteiger partial charge in [-0.15, -0.1) is 0 Å². The number of ether oxygens (including phenoxy) is 1. The fraction of sp³-hybridized carbons (Fsp3) is 0.250. The number of hydrogen-bond acceptors (Lipinski definition) is 6. The molecule has 0 bridgehead atoms. The molecule has 4 rings (SSSR count). The summed E-state index contributed by atoms with van der Waals surface area (Å²) in [4.78, 5) is 6.41. The zero-order chi connectivity index (χ0) is 19.5. The monoisotopic (exact) mass is 382 g/mol. The van der Waals surface area contributed by atoms with E-state index in [1.165, 1.54) is 17.7 Å². The van der Waals surface area contributed by atoms with E-state index in [0.29, 0.717) is 11.5 Å². The first-order chi connectivity index (χ1) is 13.7. The molecule has 0 unspecified atom stereocenters. The molecule has 6 nitrogen and oxygen atoms in total. The van der Waals surface area contributed by atoms with Crippen molar-refractivity contribution in [1.82, 2.24) is 10.1 Å². The third-order valence-corrected chi connectivity index (χ3v) is 4.53. The molecule has 1 aromatic heterocycles. The quantitative estimate of drug-likeness (QED) is 0.642. The lowest BCUT2D eigenvalue weighted by Gasteiger charge is -2.14. The van der Waals surface area contributed by atoms with E-state index in [4.69, 9.17) is 9.26 Å². The molecule has 28 heavy (non-hydrogen) atoms. The normalized spacial score (nSPS) is 12.9. The second-order valence-electron chi connectivity index (χ2n) is 6.30. The number of rotatable bonds is 6. The molecule has 0 aliphatic carbocycles. The SMILES string of the molecule is N#Cc1cc(-c2nc(N3CCc4ccccc43)no2)ccc1OC(CF)CF. The van der Waals surface area contributed by atoms with Crippen LogP contribution in [0.2, 0.25) is 0 Å². The highest BCUT2D eigenvalue weighted by atomic mass is 19.1. The van der Waals surface area contributed by atoms with Gasteiger partial charge in [0, 0.05) is 17.8 Å². The zero-order valence-corrected chi connectivity index (χ0v) is 14.8. The Bertz CT molecular complexity index is 1030. The molecule has 0 saturated carbocycles. The van der Waals surface area contributed by atoms with E-state index >= 15 is 0 Å². The van der Waals surface area contributed by atoms with Crippen LogP contribution in [0.3, 0.4) is 0 Å². The predicted octanol–water partition coefficient (Wildman–Crippen LogP) is 3.99. The van der Waals surface area contributed by atoms with E-state index in [0.717, 1.165) is 18.7 Å². The summed E-state index contributed by atoms with van der Waals surface area (Å²) < 4.78 is 36.0. The van der Waals surface area contributed by atoms with E-state index in [-0.39, 0.29) is 17.2 Å². The minimum absolute atomic E-state index is 0.111. The van der Waals surface area contributed by atoms with E-state index in [1.807, 2.05) is 29.2 Å². The molecule has 1 aliphatic rings. The van der Waals surface area contributed by atoms with E-state index in [9.17, 15) is 14.0 Å². The van der Waals surface area contributed by atoms with Crippen molar-refractivity contribution >= 4 is 11.6 Å². The lowest BCUT2D eigenvalue weighted by Crippen LogP contribution is -2.21. The molecule has 142 valence electrons. The maximum Gasteiger partial charge on any atom is 0.270 e. The van der Waals surface area contributed by atoms with Gasteiger partial charge in [-0.25, -0.2) is 8.78 Å². The Hall–Kier alpha value is -3.47. The Balaban J connectivity index is 1.60. The Labute approximate surface area is 160 Å². The number of nitriles is 1. The number of benzene rings is 2. The molecular formula is C20H16F2N4O2. The van der Waals surface area contributed by atoms with Crippen LogP contribution in [-0.4, -0.2) is 36.1 Å². The largest absolute Gasteiger partial charge is 0.484 e. The lowest BCUT2D eigenvalue weighted by atomic mass is 10.1. The third-order valence-electron chi connectivity index (χ3n) is 4.53. The fourth-order valence-electron chi connectivity index (χ4n) is 3.13. The van der Waals surface area contributed by atoms with Crippen LogP contribution in [0.4, 0.5) is 20.4 Å². The summed E-state index contributed by atoms with van der Waals surface area (Å²) in [5.74, 6) is 0.795. The molecule has 0 fully saturated rings. The Morgan fingerprint density at radius 1 is 1.21 bits per heavy atom. The van der Waals surface area contributed by atoms with Gasteiger partial charge >= 0.3 is 0 Å². The summed E-state index contributed by atoms with van der Waals surface area (Å²) in [6, 6.07) is 14.6. The van der Waals surface area contributed by atoms with Gasteiger partial charge in [-0.1, -0.05) is 18.2 Å². The van der Waals surface area contributed by atoms with Crippen LogP contribution in [0, 0.1) is 11.3 Å². The van der Waals surface area contributed by atoms with E-state index in [1.54, 1.807) is 6.07 Å². The number of anilines is 2. The van der Waals surface area contributed by atoms with Crippen molar-refractivity contribution in [2.75, 3.05) is 24.8 Å². The van der Waals surface area contributed by atoms with Gasteiger partial charge < -0.3 is 14.2 Å². The Kier molecular flexibility index (Phi) is 4.89. The highest BCUT2D eigenvalue weighted by Crippen LogP contribution is 2.34. The third kappa shape index (κ3) is 3.27. The van der Waals surface area contributed by atoms with Gasteiger partial charge in [0.2, 0.25) is 0 Å². The molecular weight excluding hydrogens is 366 g/mol. The molecule has 0 N–H and O–H groups in total. The molecule has 2 heterocycles. The Morgan fingerprint density at radius 2 is 2.04 bits per heavy atom. The van der Waals surface area contributed by atoms with Gasteiger partial charge in [0.15, 0.2) is 6.10 Å². The van der Waals surface area contributed by atoms with Crippen LogP contribution in [0.1, 0.15) is 11.1 Å². The van der Waals surface area contributed by atoms with Gasteiger partial charge in [-0.2, -0.15) is 10.2 Å². The minimum Gasteiger partial charge on any atom is -0.484 e. The van der Waals surface area contributed by atoms with Gasteiger partial charge in [0.1, 0.15) is 25.2 Å². The van der Waals surface area contributed by atoms with Gasteiger partial charge in [0.05, 0.1) is 5.56 Å². The molecule has 3 aromatic rings. The summed E-state index contributed by atoms with van der Waals surface area (Å²) in [6.45, 7) is -1.21. The smallest absolute Gasteiger partial charge is 0.270 e. The average Bonchev–Trinajstić information content (AvgIpc) is 3.39. The van der Waals surface area contributed by atoms with Gasteiger partial charge in [0.25, 0.3) is 11.8 Å². The maximum absolute atomic E-state index is 12.7. The van der Waals surface area contributed by atoms with Crippen LogP contribution in [0.25, 0.3) is 11.5 Å². The molecule has 8 heteroatoms. The first-order valence-electron chi connectivity index (χ1n) is 8.75. The van der Waals surface area contributed by atoms with Crippen molar-refractivity contribution in [3.63, 3.8) is 0 Å². The number of aromatic nitrogens is 2. The van der Waals surface area contributed by atoms with Crippen LogP contribution in [0.5, 0.6) is 5.75 Å². The molecule has 2 aromatic carbocycles. The van der Waals surface area contributed by atoms with Crippen molar-refractivity contribution in [3.8, 4) is 23.3 Å². The van der Waals surface area contributed by atoms with E-state index in [2.05, 4.69) is 16.2 Å². The van der Waals surface area contributed by atoms with Crippen LogP contribution >= 0.6 is 0 Å². The molecule has 0 radical (unpaired) electrons. The van der Waals surface area contributed by atoms with Crippen LogP contribution in [0.15, 0.2) is 47.0 Å². The van der Waals surface area contributed by atoms with Crippen molar-refractivity contribution in [2.45, 2.75) is 12.5 Å². The summed E-state index contributed by atoms with van der Waals surface area (Å²) >= 11 is 0. The van der Waals surface area contributed by atoms with Crippen molar-refractivity contribution in [1.29, 1.82) is 5.26 Å². The first kappa shape index (κ1) is 17.9. The number of nitrogens with zero attached hydrogens (tertiary/aromatic N) is 4. The second-order valence-corrected chi connectivity index (χ2v) is 6.30. The summed E-state index contributed by atoms with van der Waals surface area (Å²) in [5, 5.41) is 13.4. The number of hydrogen-bond donors (Lipinski definition) is 0. The summed E-state index contributed by atoms with van der Waals surface area (Å²) in [6.07, 6.45) is -0.335. The minimum atomic E-state index is -1.23. The number of fused-ring (bicyclic) bond motifs is 1. The van der Waals surface area contributed by atoms with Crippen molar-refractivity contribution in [2.24, 2.45) is 0 Å². The van der Waals surface area contributed by atoms with Gasteiger partial charge in [-0.05, 0) is 41.4 Å². The number of para-hydroxylation sites is 1. The summed E-state index contributed by atoms with van der Waals surface area (Å²) in [7, 11) is 0. The highest BCUT2D eigenvalue weighted by Gasteiger charge is 2.24. The molecule has 0 spiro atoms. The molecule has 0 saturated heterocycles. The van der Waals surface area contributed by atoms with Crippen LogP contribution in [-0.2, 0) is 6.42 Å². The molecule has 1 aliphatic heterocycles. The predicted molar refractivity (Wildman–Crippen MR) is 98.0 cm³/mol. The summed E-state index contributed by atoms with van der Waals surface area (Å²) in [5.41, 5.74) is 2.92. The zero-order valence-electron chi connectivity index (χ0n) is 14.8.